The second-order valence-corrected chi connectivity index (χ2v) is 3.11. The van der Waals surface area contributed by atoms with Gasteiger partial charge in [-0.3, -0.25) is 8.42 Å². The van der Waals surface area contributed by atoms with Crippen molar-refractivity contribution in [2.24, 2.45) is 8.80 Å². The highest BCUT2D eigenvalue weighted by atomic mass is 32.3. The van der Waals surface area contributed by atoms with Crippen molar-refractivity contribution < 1.29 is 27.4 Å². The molecule has 0 radical (unpaired) electrons. The molecule has 0 aliphatic rings. The first-order chi connectivity index (χ1) is 5.91. The summed E-state index contributed by atoms with van der Waals surface area (Å²) in [5.74, 6) is 0. The number of halogens is 2. The molecule has 0 aliphatic carbocycles. The molecule has 0 heterocycles. The Hall–Kier alpha value is -0.940. The molecule has 13 heavy (non-hydrogen) atoms. The van der Waals surface area contributed by atoms with E-state index >= 15 is 0 Å². The molecule has 0 aromatic heterocycles. The highest BCUT2D eigenvalue weighted by Crippen LogP contribution is 2.04. The van der Waals surface area contributed by atoms with Crippen molar-refractivity contribution in [1.82, 2.24) is 0 Å². The molecule has 0 saturated heterocycles. The molecular formula is C2F2N3O4S2-3. The van der Waals surface area contributed by atoms with Crippen molar-refractivity contribution in [3.8, 4) is 0 Å². The monoisotopic (exact) mass is 232 g/mol. The third-order valence-corrected chi connectivity index (χ3v) is 2.05. The highest BCUT2D eigenvalue weighted by Gasteiger charge is 1.86. The van der Waals surface area contributed by atoms with E-state index in [9.17, 15) is 27.4 Å². The summed E-state index contributed by atoms with van der Waals surface area (Å²) in [4.78, 5) is 0. The van der Waals surface area contributed by atoms with Crippen molar-refractivity contribution in [2.45, 2.75) is 0 Å². The van der Waals surface area contributed by atoms with Crippen LogP contribution in [0.2, 0.25) is 0 Å². The van der Waals surface area contributed by atoms with Crippen molar-refractivity contribution >= 4 is 34.6 Å². The molecule has 0 rings (SSSR count). The van der Waals surface area contributed by atoms with E-state index in [2.05, 4.69) is 12.9 Å². The lowest BCUT2D eigenvalue weighted by molar-refractivity contribution is -0.233. The second-order valence-electron chi connectivity index (χ2n) is 1.22. The van der Waals surface area contributed by atoms with E-state index in [0.29, 0.717) is 0 Å². The van der Waals surface area contributed by atoms with Gasteiger partial charge in [-0.1, -0.05) is 0 Å². The first-order valence-corrected chi connectivity index (χ1v) is 4.42. The van der Waals surface area contributed by atoms with E-state index in [1.807, 2.05) is 0 Å². The fourth-order valence-electron chi connectivity index (χ4n) is 0.211. The summed E-state index contributed by atoms with van der Waals surface area (Å²) in [6, 6.07) is 0. The lowest BCUT2D eigenvalue weighted by Crippen LogP contribution is -2.12. The molecule has 0 bridgehead atoms. The molecule has 2 atom stereocenters. The van der Waals surface area contributed by atoms with E-state index in [4.69, 9.17) is 0 Å². The molecule has 76 valence electrons. The zero-order valence-corrected chi connectivity index (χ0v) is 7.18. The third-order valence-electron chi connectivity index (χ3n) is 0.427. The zero-order valence-electron chi connectivity index (χ0n) is 5.55. The fraction of sp³-hybridized carbons (Fsp3) is 0. The van der Waals surface area contributed by atoms with Crippen LogP contribution in [-0.2, 0) is 22.3 Å². The van der Waals surface area contributed by atoms with Crippen LogP contribution in [0.25, 0.3) is 4.13 Å². The Morgan fingerprint density at radius 1 is 1.08 bits per heavy atom. The number of hydrogen-bond donors (Lipinski definition) is 0. The van der Waals surface area contributed by atoms with Gasteiger partial charge in [0.2, 0.25) is 0 Å². The van der Waals surface area contributed by atoms with Crippen LogP contribution >= 0.6 is 0 Å². The van der Waals surface area contributed by atoms with Crippen molar-refractivity contribution in [3.05, 3.63) is 4.13 Å². The van der Waals surface area contributed by atoms with Gasteiger partial charge in [-0.15, -0.1) is 0 Å². The largest absolute Gasteiger partial charge is 0.836 e. The van der Waals surface area contributed by atoms with Crippen LogP contribution < -0.4 is 10.2 Å². The van der Waals surface area contributed by atoms with Crippen LogP contribution in [0.15, 0.2) is 8.80 Å². The summed E-state index contributed by atoms with van der Waals surface area (Å²) in [6.45, 7) is 0. The van der Waals surface area contributed by atoms with Gasteiger partial charge in [-0.25, -0.2) is 8.78 Å². The Morgan fingerprint density at radius 3 is 1.62 bits per heavy atom. The molecule has 7 nitrogen and oxygen atoms in total. The smallest absolute Gasteiger partial charge is 0.155 e. The minimum atomic E-state index is -2.78. The van der Waals surface area contributed by atoms with Gasteiger partial charge >= 0.3 is 0 Å². The van der Waals surface area contributed by atoms with E-state index < -0.39 is 34.6 Å². The first-order valence-electron chi connectivity index (χ1n) is 2.30. The summed E-state index contributed by atoms with van der Waals surface area (Å²) < 4.78 is 49.9. The normalized spacial score (nSPS) is 18.3. The lowest BCUT2D eigenvalue weighted by atomic mass is 11.5. The summed E-state index contributed by atoms with van der Waals surface area (Å²) in [6.07, 6.45) is -4.60. The molecule has 0 aliphatic heterocycles. The van der Waals surface area contributed by atoms with Crippen LogP contribution in [0.4, 0.5) is 8.78 Å². The molecule has 0 aromatic rings. The number of nitrogens with zero attached hydrogens (tertiary/aromatic N) is 3. The maximum absolute atomic E-state index is 11.3. The summed E-state index contributed by atoms with van der Waals surface area (Å²) in [7, 11) is 0. The second kappa shape index (κ2) is 5.66. The summed E-state index contributed by atoms with van der Waals surface area (Å²) in [5.41, 5.74) is 0. The Bertz CT molecular complexity index is 255. The van der Waals surface area contributed by atoms with Gasteiger partial charge in [0.05, 0.1) is 22.3 Å². The average molecular weight is 232 g/mol. The maximum atomic E-state index is 11.3. The molecule has 0 amide bonds. The van der Waals surface area contributed by atoms with E-state index in [1.165, 1.54) is 0 Å². The van der Waals surface area contributed by atoms with Crippen LogP contribution in [0.1, 0.15) is 0 Å². The predicted molar refractivity (Wildman–Crippen MR) is 36.7 cm³/mol. The van der Waals surface area contributed by atoms with Crippen LogP contribution in [-0.4, -0.2) is 20.7 Å². The SMILES string of the molecule is O=S(/N=C(\[O-])F)[N-]S(=O)/N=C(\[O-])F. The molecule has 0 fully saturated rings. The summed E-state index contributed by atoms with van der Waals surface area (Å²) in [5, 5.41) is 19.0. The lowest BCUT2D eigenvalue weighted by Gasteiger charge is -2.12. The van der Waals surface area contributed by atoms with Gasteiger partial charge in [-0.2, -0.15) is 8.80 Å². The van der Waals surface area contributed by atoms with E-state index in [0.717, 1.165) is 0 Å². The van der Waals surface area contributed by atoms with E-state index in [-0.39, 0.29) is 0 Å². The van der Waals surface area contributed by atoms with Gasteiger partial charge in [-0.05, 0) is 0 Å². The van der Waals surface area contributed by atoms with Crippen molar-refractivity contribution in [2.75, 3.05) is 0 Å². The highest BCUT2D eigenvalue weighted by molar-refractivity contribution is 8.05. The Balaban J connectivity index is 4.16. The molecule has 0 N–H and O–H groups in total. The summed E-state index contributed by atoms with van der Waals surface area (Å²) >= 11 is -5.57. The Labute approximate surface area is 75.7 Å². The van der Waals surface area contributed by atoms with Gasteiger partial charge in [0.1, 0.15) is 0 Å². The van der Waals surface area contributed by atoms with Crippen molar-refractivity contribution in [3.63, 3.8) is 0 Å². The van der Waals surface area contributed by atoms with Gasteiger partial charge in [0.25, 0.3) is 0 Å². The molecule has 0 spiro atoms. The molecule has 11 heteroatoms. The maximum Gasteiger partial charge on any atom is 0.155 e. The van der Waals surface area contributed by atoms with Gasteiger partial charge in [0.15, 0.2) is 12.3 Å². The Kier molecular flexibility index (Phi) is 5.25. The third kappa shape index (κ3) is 7.42. The van der Waals surface area contributed by atoms with Crippen LogP contribution in [0.3, 0.4) is 0 Å². The minimum absolute atomic E-state index is 2.14. The number of rotatable bonds is 4. The van der Waals surface area contributed by atoms with E-state index in [1.54, 1.807) is 0 Å². The van der Waals surface area contributed by atoms with Gasteiger partial charge in [0, 0.05) is 0 Å². The zero-order chi connectivity index (χ0) is 10.4. The van der Waals surface area contributed by atoms with Crippen molar-refractivity contribution in [1.29, 1.82) is 0 Å². The minimum Gasteiger partial charge on any atom is -0.836 e. The molecule has 2 unspecified atom stereocenters. The standard InChI is InChI=1S/C2H2F2N3O4S2/c3-1(8)5-12(10)7-13(11)6-2(4)9/h(H,5,8)(H,6,9)/q-1/p-2. The van der Waals surface area contributed by atoms with Crippen LogP contribution in [0.5, 0.6) is 0 Å². The predicted octanol–water partition coefficient (Wildman–Crippen LogP) is -2.11. The average Bonchev–Trinajstić information content (AvgIpc) is 1.80. The quantitative estimate of drug-likeness (QED) is 0.407. The van der Waals surface area contributed by atoms with Crippen LogP contribution in [0, 0.1) is 0 Å². The first kappa shape index (κ1) is 12.1. The Morgan fingerprint density at radius 2 is 1.38 bits per heavy atom. The topological polar surface area (TPSA) is 119 Å². The van der Waals surface area contributed by atoms with Gasteiger partial charge < -0.3 is 14.3 Å². The fourth-order valence-corrected chi connectivity index (χ4v) is 1.16. The molecule has 0 saturated carbocycles. The molecular weight excluding hydrogens is 232 g/mol. The number of hydrogen-bond acceptors (Lipinski definition) is 4. The molecule has 0 aromatic carbocycles.